The third-order valence-corrected chi connectivity index (χ3v) is 2.46. The van der Waals surface area contributed by atoms with Crippen LogP contribution in [-0.2, 0) is 16.0 Å². The predicted octanol–water partition coefficient (Wildman–Crippen LogP) is 1.16. The van der Waals surface area contributed by atoms with E-state index in [1.807, 2.05) is 24.3 Å². The van der Waals surface area contributed by atoms with Gasteiger partial charge in [-0.3, -0.25) is 9.59 Å². The summed E-state index contributed by atoms with van der Waals surface area (Å²) in [7, 11) is 1.71. The van der Waals surface area contributed by atoms with Crippen LogP contribution in [0.5, 0.6) is 0 Å². The molecule has 1 aromatic rings. The molecule has 0 aromatic heterocycles. The summed E-state index contributed by atoms with van der Waals surface area (Å²) in [6.07, 6.45) is 0.386. The number of para-hydroxylation sites is 1. The standard InChI is InChI=1S/C11H11NO2/c1-12-10-5-3-2-4-8(10)6-9(13)7-11(12)14/h2-5H,6-7H2,1H3. The van der Waals surface area contributed by atoms with Crippen molar-refractivity contribution in [1.82, 2.24) is 0 Å². The zero-order valence-electron chi connectivity index (χ0n) is 7.99. The first-order valence-corrected chi connectivity index (χ1v) is 4.54. The molecule has 72 valence electrons. The Hall–Kier alpha value is -1.64. The number of nitrogens with zero attached hydrogens (tertiary/aromatic N) is 1. The molecule has 0 unspecified atom stereocenters. The van der Waals surface area contributed by atoms with Crippen LogP contribution in [0.3, 0.4) is 0 Å². The minimum Gasteiger partial charge on any atom is -0.315 e. The Labute approximate surface area is 82.3 Å². The fourth-order valence-electron chi connectivity index (χ4n) is 1.68. The number of rotatable bonds is 0. The maximum atomic E-state index is 11.5. The maximum Gasteiger partial charge on any atom is 0.234 e. The van der Waals surface area contributed by atoms with Gasteiger partial charge < -0.3 is 4.90 Å². The minimum absolute atomic E-state index is 0.00759. The van der Waals surface area contributed by atoms with Crippen LogP contribution >= 0.6 is 0 Å². The number of fused-ring (bicyclic) bond motifs is 1. The molecule has 0 aliphatic carbocycles. The normalized spacial score (nSPS) is 16.5. The van der Waals surface area contributed by atoms with Gasteiger partial charge in [-0.2, -0.15) is 0 Å². The van der Waals surface area contributed by atoms with Gasteiger partial charge in [-0.25, -0.2) is 0 Å². The first-order chi connectivity index (χ1) is 6.68. The molecule has 1 heterocycles. The zero-order valence-corrected chi connectivity index (χ0v) is 7.99. The number of Topliss-reactive ketones (excluding diaryl/α,β-unsaturated/α-hetero) is 1. The molecule has 14 heavy (non-hydrogen) atoms. The molecular weight excluding hydrogens is 178 g/mol. The zero-order chi connectivity index (χ0) is 10.1. The Morgan fingerprint density at radius 1 is 1.14 bits per heavy atom. The van der Waals surface area contributed by atoms with Gasteiger partial charge in [-0.15, -0.1) is 0 Å². The molecule has 0 spiro atoms. The first-order valence-electron chi connectivity index (χ1n) is 4.54. The van der Waals surface area contributed by atoms with Gasteiger partial charge >= 0.3 is 0 Å². The van der Waals surface area contributed by atoms with Crippen LogP contribution < -0.4 is 4.90 Å². The molecule has 0 fully saturated rings. The van der Waals surface area contributed by atoms with E-state index in [-0.39, 0.29) is 18.1 Å². The van der Waals surface area contributed by atoms with Crippen LogP contribution in [0.15, 0.2) is 24.3 Å². The summed E-state index contributed by atoms with van der Waals surface area (Å²) in [5, 5.41) is 0. The molecule has 0 N–H and O–H groups in total. The number of carbonyl (C=O) groups excluding carboxylic acids is 2. The van der Waals surface area contributed by atoms with Crippen molar-refractivity contribution in [1.29, 1.82) is 0 Å². The number of anilines is 1. The molecule has 1 aromatic carbocycles. The Kier molecular flexibility index (Phi) is 2.08. The van der Waals surface area contributed by atoms with Crippen LogP contribution in [0, 0.1) is 0 Å². The van der Waals surface area contributed by atoms with Crippen molar-refractivity contribution in [3.8, 4) is 0 Å². The van der Waals surface area contributed by atoms with Crippen molar-refractivity contribution >= 4 is 17.4 Å². The van der Waals surface area contributed by atoms with Crippen LogP contribution in [0.4, 0.5) is 5.69 Å². The highest BCUT2D eigenvalue weighted by molar-refractivity contribution is 6.08. The molecule has 0 saturated heterocycles. The van der Waals surface area contributed by atoms with Gasteiger partial charge in [0.1, 0.15) is 5.78 Å². The second-order valence-electron chi connectivity index (χ2n) is 3.47. The Morgan fingerprint density at radius 2 is 1.86 bits per heavy atom. The SMILES string of the molecule is CN1C(=O)CC(=O)Cc2ccccc21. The van der Waals surface area contributed by atoms with Crippen LogP contribution in [0.1, 0.15) is 12.0 Å². The lowest BCUT2D eigenvalue weighted by molar-refractivity contribution is -0.125. The van der Waals surface area contributed by atoms with Gasteiger partial charge in [0.2, 0.25) is 5.91 Å². The van der Waals surface area contributed by atoms with Gasteiger partial charge in [0, 0.05) is 19.2 Å². The van der Waals surface area contributed by atoms with E-state index in [0.717, 1.165) is 11.3 Å². The molecule has 0 radical (unpaired) electrons. The van der Waals surface area contributed by atoms with Crippen molar-refractivity contribution in [3.05, 3.63) is 29.8 Å². The molecule has 1 aliphatic heterocycles. The Morgan fingerprint density at radius 3 is 2.64 bits per heavy atom. The van der Waals surface area contributed by atoms with Crippen molar-refractivity contribution in [2.45, 2.75) is 12.8 Å². The van der Waals surface area contributed by atoms with Gasteiger partial charge in [0.05, 0.1) is 6.42 Å². The van der Waals surface area contributed by atoms with E-state index in [2.05, 4.69) is 0 Å². The second kappa shape index (κ2) is 3.25. The van der Waals surface area contributed by atoms with E-state index in [0.29, 0.717) is 6.42 Å². The molecule has 0 atom stereocenters. The van der Waals surface area contributed by atoms with Crippen molar-refractivity contribution < 1.29 is 9.59 Å². The lowest BCUT2D eigenvalue weighted by Crippen LogP contribution is -2.26. The lowest BCUT2D eigenvalue weighted by atomic mass is 10.1. The summed E-state index contributed by atoms with van der Waals surface area (Å²) in [4.78, 5) is 24.4. The molecule has 2 rings (SSSR count). The fraction of sp³-hybridized carbons (Fsp3) is 0.273. The van der Waals surface area contributed by atoms with Crippen molar-refractivity contribution in [3.63, 3.8) is 0 Å². The second-order valence-corrected chi connectivity index (χ2v) is 3.47. The van der Waals surface area contributed by atoms with Crippen molar-refractivity contribution in [2.24, 2.45) is 0 Å². The highest BCUT2D eigenvalue weighted by Gasteiger charge is 2.22. The highest BCUT2D eigenvalue weighted by Crippen LogP contribution is 2.23. The first kappa shape index (κ1) is 8.94. The Bertz CT molecular complexity index is 398. The van der Waals surface area contributed by atoms with Crippen LogP contribution in [-0.4, -0.2) is 18.7 Å². The minimum atomic E-state index is -0.125. The van der Waals surface area contributed by atoms with Crippen LogP contribution in [0.2, 0.25) is 0 Å². The predicted molar refractivity (Wildman–Crippen MR) is 53.2 cm³/mol. The van der Waals surface area contributed by atoms with Gasteiger partial charge in [-0.1, -0.05) is 18.2 Å². The molecule has 1 amide bonds. The van der Waals surface area contributed by atoms with E-state index < -0.39 is 0 Å². The number of hydrogen-bond acceptors (Lipinski definition) is 2. The van der Waals surface area contributed by atoms with Gasteiger partial charge in [-0.05, 0) is 11.6 Å². The number of amides is 1. The van der Waals surface area contributed by atoms with Crippen LogP contribution in [0.25, 0.3) is 0 Å². The summed E-state index contributed by atoms with van der Waals surface area (Å²) >= 11 is 0. The average Bonchev–Trinajstić information content (AvgIpc) is 2.26. The Balaban J connectivity index is 2.51. The van der Waals surface area contributed by atoms with E-state index >= 15 is 0 Å². The molecule has 3 nitrogen and oxygen atoms in total. The lowest BCUT2D eigenvalue weighted by Gasteiger charge is -2.16. The highest BCUT2D eigenvalue weighted by atomic mass is 16.2. The average molecular weight is 189 g/mol. The maximum absolute atomic E-state index is 11.5. The third kappa shape index (κ3) is 1.41. The largest absolute Gasteiger partial charge is 0.315 e. The number of hydrogen-bond donors (Lipinski definition) is 0. The summed E-state index contributed by atoms with van der Waals surface area (Å²) in [5.41, 5.74) is 1.79. The van der Waals surface area contributed by atoms with Gasteiger partial charge in [0.15, 0.2) is 0 Å². The summed E-state index contributed by atoms with van der Waals surface area (Å²) in [6, 6.07) is 7.52. The smallest absolute Gasteiger partial charge is 0.234 e. The van der Waals surface area contributed by atoms with Crippen molar-refractivity contribution in [2.75, 3.05) is 11.9 Å². The quantitative estimate of drug-likeness (QED) is 0.574. The van der Waals surface area contributed by atoms with E-state index in [1.165, 1.54) is 0 Å². The molecule has 3 heteroatoms. The van der Waals surface area contributed by atoms with E-state index in [1.54, 1.807) is 11.9 Å². The fourth-order valence-corrected chi connectivity index (χ4v) is 1.68. The topological polar surface area (TPSA) is 37.4 Å². The summed E-state index contributed by atoms with van der Waals surface area (Å²) < 4.78 is 0. The molecule has 1 aliphatic rings. The molecular formula is C11H11NO2. The number of ketones is 1. The van der Waals surface area contributed by atoms with Gasteiger partial charge in [0.25, 0.3) is 0 Å². The number of carbonyl (C=O) groups is 2. The summed E-state index contributed by atoms with van der Waals surface area (Å²) in [5.74, 6) is -0.133. The van der Waals surface area contributed by atoms with E-state index in [9.17, 15) is 9.59 Å². The monoisotopic (exact) mass is 189 g/mol. The third-order valence-electron chi connectivity index (χ3n) is 2.46. The summed E-state index contributed by atoms with van der Waals surface area (Å²) in [6.45, 7) is 0. The molecule has 0 saturated carbocycles. The number of benzene rings is 1. The molecule has 0 bridgehead atoms. The van der Waals surface area contributed by atoms with E-state index in [4.69, 9.17) is 0 Å².